The lowest BCUT2D eigenvalue weighted by atomic mass is 9.81. The van der Waals surface area contributed by atoms with Gasteiger partial charge in [0.15, 0.2) is 0 Å². The van der Waals surface area contributed by atoms with Gasteiger partial charge in [0.25, 0.3) is 0 Å². The van der Waals surface area contributed by atoms with Crippen LogP contribution in [0, 0.1) is 0 Å². The lowest BCUT2D eigenvalue weighted by molar-refractivity contribution is 0.619. The van der Waals surface area contributed by atoms with Crippen molar-refractivity contribution in [1.82, 2.24) is 0 Å². The van der Waals surface area contributed by atoms with Crippen LogP contribution in [0.5, 0.6) is 0 Å². The normalized spacial score (nSPS) is 13.8. The molecule has 0 aromatic heterocycles. The van der Waals surface area contributed by atoms with Gasteiger partial charge < -0.3 is 5.32 Å². The number of hydrogen-bond acceptors (Lipinski definition) is 1. The molecule has 1 heteroatoms. The first kappa shape index (κ1) is 14.6. The average Bonchev–Trinajstić information content (AvgIpc) is 2.53. The van der Waals surface area contributed by atoms with Gasteiger partial charge >= 0.3 is 0 Å². The summed E-state index contributed by atoms with van der Waals surface area (Å²) in [7, 11) is 2.00. The van der Waals surface area contributed by atoms with Gasteiger partial charge in [0.1, 0.15) is 0 Å². The summed E-state index contributed by atoms with van der Waals surface area (Å²) < 4.78 is 0. The Hall–Kier alpha value is -1.76. The second kappa shape index (κ2) is 6.60. The van der Waals surface area contributed by atoms with Crippen molar-refractivity contribution in [3.8, 4) is 0 Å². The van der Waals surface area contributed by atoms with Crippen molar-refractivity contribution < 1.29 is 0 Å². The molecule has 1 N–H and O–H groups in total. The monoisotopic (exact) mass is 267 g/mol. The van der Waals surface area contributed by atoms with Crippen LogP contribution in [0.25, 0.3) is 0 Å². The van der Waals surface area contributed by atoms with Crippen molar-refractivity contribution in [3.05, 3.63) is 65.2 Å². The molecule has 2 aromatic carbocycles. The van der Waals surface area contributed by atoms with Crippen LogP contribution in [0.4, 0.5) is 5.69 Å². The Morgan fingerprint density at radius 3 is 2.05 bits per heavy atom. The van der Waals surface area contributed by atoms with Crippen LogP contribution < -0.4 is 5.32 Å². The SMILES string of the molecule is CCc1ccccc1C(C)C(C)c1ccccc1NC. The molecule has 0 spiro atoms. The van der Waals surface area contributed by atoms with Gasteiger partial charge in [-0.1, -0.05) is 63.2 Å². The molecule has 0 radical (unpaired) electrons. The van der Waals surface area contributed by atoms with E-state index in [4.69, 9.17) is 0 Å². The Morgan fingerprint density at radius 1 is 0.850 bits per heavy atom. The number of aryl methyl sites for hydroxylation is 1. The van der Waals surface area contributed by atoms with Gasteiger partial charge in [-0.25, -0.2) is 0 Å². The Kier molecular flexibility index (Phi) is 4.84. The Bertz CT molecular complexity index is 508. The molecule has 0 aliphatic rings. The van der Waals surface area contributed by atoms with Crippen LogP contribution in [0.15, 0.2) is 48.5 Å². The number of hydrogen-bond donors (Lipinski definition) is 1. The summed E-state index contributed by atoms with van der Waals surface area (Å²) in [6, 6.07) is 17.4. The second-order valence-electron chi connectivity index (χ2n) is 5.47. The summed E-state index contributed by atoms with van der Waals surface area (Å²) >= 11 is 0. The Balaban J connectivity index is 2.35. The van der Waals surface area contributed by atoms with Crippen LogP contribution in [-0.4, -0.2) is 7.05 Å². The maximum atomic E-state index is 3.31. The lowest BCUT2D eigenvalue weighted by Crippen LogP contribution is -2.09. The summed E-state index contributed by atoms with van der Waals surface area (Å²) in [5.41, 5.74) is 5.58. The molecule has 0 aliphatic heterocycles. The maximum Gasteiger partial charge on any atom is 0.0373 e. The Labute approximate surface area is 123 Å². The molecule has 2 aromatic rings. The van der Waals surface area contributed by atoms with Crippen molar-refractivity contribution in [2.45, 2.75) is 39.0 Å². The summed E-state index contributed by atoms with van der Waals surface area (Å²) in [4.78, 5) is 0. The third-order valence-corrected chi connectivity index (χ3v) is 4.40. The predicted molar refractivity (Wildman–Crippen MR) is 88.6 cm³/mol. The van der Waals surface area contributed by atoms with E-state index in [2.05, 4.69) is 74.6 Å². The second-order valence-corrected chi connectivity index (χ2v) is 5.47. The highest BCUT2D eigenvalue weighted by Gasteiger charge is 2.20. The minimum Gasteiger partial charge on any atom is -0.388 e. The van der Waals surface area contributed by atoms with E-state index < -0.39 is 0 Å². The van der Waals surface area contributed by atoms with Gasteiger partial charge in [-0.3, -0.25) is 0 Å². The molecule has 2 atom stereocenters. The fraction of sp³-hybridized carbons (Fsp3) is 0.368. The zero-order valence-corrected chi connectivity index (χ0v) is 13.0. The minimum absolute atomic E-state index is 0.492. The van der Waals surface area contributed by atoms with E-state index in [9.17, 15) is 0 Å². The van der Waals surface area contributed by atoms with E-state index in [1.165, 1.54) is 22.4 Å². The predicted octanol–water partition coefficient (Wildman–Crippen LogP) is 5.20. The van der Waals surface area contributed by atoms with Gasteiger partial charge in [-0.2, -0.15) is 0 Å². The van der Waals surface area contributed by atoms with E-state index in [0.29, 0.717) is 11.8 Å². The molecule has 2 rings (SSSR count). The molecule has 1 nitrogen and oxygen atoms in total. The molecule has 0 heterocycles. The highest BCUT2D eigenvalue weighted by atomic mass is 14.8. The highest BCUT2D eigenvalue weighted by molar-refractivity contribution is 5.53. The van der Waals surface area contributed by atoms with E-state index in [-0.39, 0.29) is 0 Å². The van der Waals surface area contributed by atoms with Gasteiger partial charge in [0.05, 0.1) is 0 Å². The van der Waals surface area contributed by atoms with Crippen molar-refractivity contribution >= 4 is 5.69 Å². The number of benzene rings is 2. The molecule has 0 aliphatic carbocycles. The molecule has 106 valence electrons. The van der Waals surface area contributed by atoms with Crippen LogP contribution >= 0.6 is 0 Å². The quantitative estimate of drug-likeness (QED) is 0.785. The standard InChI is InChI=1S/C19H25N/c1-5-16-10-6-7-11-17(16)14(2)15(3)18-12-8-9-13-19(18)20-4/h6-15,20H,5H2,1-4H3. The fourth-order valence-corrected chi connectivity index (χ4v) is 2.96. The molecular weight excluding hydrogens is 242 g/mol. The topological polar surface area (TPSA) is 12.0 Å². The lowest BCUT2D eigenvalue weighted by Gasteiger charge is -2.25. The van der Waals surface area contributed by atoms with Crippen molar-refractivity contribution in [2.24, 2.45) is 0 Å². The Morgan fingerprint density at radius 2 is 1.40 bits per heavy atom. The molecule has 0 amide bonds. The summed E-state index contributed by atoms with van der Waals surface area (Å²) in [6.07, 6.45) is 1.10. The maximum absolute atomic E-state index is 3.31. The molecule has 0 bridgehead atoms. The number of anilines is 1. The third-order valence-electron chi connectivity index (χ3n) is 4.40. The van der Waals surface area contributed by atoms with Crippen LogP contribution in [0.3, 0.4) is 0 Å². The first-order valence-corrected chi connectivity index (χ1v) is 7.53. The molecule has 20 heavy (non-hydrogen) atoms. The fourth-order valence-electron chi connectivity index (χ4n) is 2.96. The summed E-state index contributed by atoms with van der Waals surface area (Å²) in [5.74, 6) is 1.01. The van der Waals surface area contributed by atoms with E-state index in [0.717, 1.165) is 6.42 Å². The van der Waals surface area contributed by atoms with Crippen LogP contribution in [0.2, 0.25) is 0 Å². The van der Waals surface area contributed by atoms with E-state index in [1.54, 1.807) is 0 Å². The molecule has 2 unspecified atom stereocenters. The zero-order chi connectivity index (χ0) is 14.5. The third kappa shape index (κ3) is 2.87. The first-order chi connectivity index (χ1) is 9.69. The number of nitrogens with one attached hydrogen (secondary N) is 1. The molecular formula is C19H25N. The summed E-state index contributed by atoms with van der Waals surface area (Å²) in [5, 5.41) is 3.31. The highest BCUT2D eigenvalue weighted by Crippen LogP contribution is 2.37. The first-order valence-electron chi connectivity index (χ1n) is 7.53. The van der Waals surface area contributed by atoms with Crippen molar-refractivity contribution in [1.29, 1.82) is 0 Å². The number of para-hydroxylation sites is 1. The zero-order valence-electron chi connectivity index (χ0n) is 13.0. The number of rotatable bonds is 5. The van der Waals surface area contributed by atoms with Crippen LogP contribution in [0.1, 0.15) is 49.3 Å². The van der Waals surface area contributed by atoms with Crippen molar-refractivity contribution in [2.75, 3.05) is 12.4 Å². The van der Waals surface area contributed by atoms with Crippen molar-refractivity contribution in [3.63, 3.8) is 0 Å². The van der Waals surface area contributed by atoms with Gasteiger partial charge in [-0.15, -0.1) is 0 Å². The molecule has 0 saturated carbocycles. The van der Waals surface area contributed by atoms with Gasteiger partial charge in [-0.05, 0) is 41.0 Å². The smallest absolute Gasteiger partial charge is 0.0373 e. The van der Waals surface area contributed by atoms with Crippen LogP contribution in [-0.2, 0) is 6.42 Å². The molecule has 0 fully saturated rings. The van der Waals surface area contributed by atoms with E-state index >= 15 is 0 Å². The molecule has 0 saturated heterocycles. The minimum atomic E-state index is 0.492. The van der Waals surface area contributed by atoms with Gasteiger partial charge in [0.2, 0.25) is 0 Å². The average molecular weight is 267 g/mol. The largest absolute Gasteiger partial charge is 0.388 e. The van der Waals surface area contributed by atoms with E-state index in [1.807, 2.05) is 7.05 Å². The summed E-state index contributed by atoms with van der Waals surface area (Å²) in [6.45, 7) is 6.90. The van der Waals surface area contributed by atoms with Gasteiger partial charge in [0, 0.05) is 12.7 Å².